The summed E-state index contributed by atoms with van der Waals surface area (Å²) in [6.45, 7) is 4.38. The number of benzene rings is 2. The lowest BCUT2D eigenvalue weighted by molar-refractivity contribution is -0.151. The van der Waals surface area contributed by atoms with Crippen LogP contribution in [0.3, 0.4) is 0 Å². The van der Waals surface area contributed by atoms with Crippen LogP contribution in [0.15, 0.2) is 48.5 Å². The predicted octanol–water partition coefficient (Wildman–Crippen LogP) is 4.53. The largest absolute Gasteiger partial charge is 0.462 e. The highest BCUT2D eigenvalue weighted by molar-refractivity contribution is 6.00. The van der Waals surface area contributed by atoms with Crippen LogP contribution in [0.2, 0.25) is 0 Å². The minimum Gasteiger partial charge on any atom is -0.462 e. The molecule has 1 aliphatic rings. The smallest absolute Gasteiger partial charge is 0.338 e. The minimum absolute atomic E-state index is 0.0442. The molecule has 214 valence electrons. The molecule has 0 bridgehead atoms. The molecule has 1 N–H and O–H groups in total. The fourth-order valence-corrected chi connectivity index (χ4v) is 4.03. The fraction of sp³-hybridized carbons (Fsp3) is 0.433. The third-order valence-corrected chi connectivity index (χ3v) is 6.34. The summed E-state index contributed by atoms with van der Waals surface area (Å²) < 4.78 is 15.5. The SMILES string of the molecule is CCCCCOC(=O)c1ccc(N2C[C@@H](C(=O)OCC(=O)Nc3ccc(C(=O)OCCCC)cc3)CC2=O)cc1. The number of amides is 2. The van der Waals surface area contributed by atoms with Gasteiger partial charge in [0.05, 0.1) is 30.3 Å². The number of carbonyl (C=O) groups excluding carboxylic acids is 5. The Labute approximate surface area is 234 Å². The van der Waals surface area contributed by atoms with E-state index in [9.17, 15) is 24.0 Å². The molecule has 0 radical (unpaired) electrons. The van der Waals surface area contributed by atoms with E-state index in [1.54, 1.807) is 36.4 Å². The number of anilines is 2. The summed E-state index contributed by atoms with van der Waals surface area (Å²) in [5.41, 5.74) is 1.74. The molecule has 2 amide bonds. The van der Waals surface area contributed by atoms with Crippen LogP contribution in [0.4, 0.5) is 11.4 Å². The van der Waals surface area contributed by atoms with Crippen molar-refractivity contribution >= 4 is 41.1 Å². The molecule has 0 aromatic heterocycles. The van der Waals surface area contributed by atoms with Crippen LogP contribution >= 0.6 is 0 Å². The van der Waals surface area contributed by atoms with Gasteiger partial charge in [0.15, 0.2) is 6.61 Å². The molecule has 2 aromatic carbocycles. The van der Waals surface area contributed by atoms with Gasteiger partial charge in [0.2, 0.25) is 5.91 Å². The number of esters is 3. The quantitative estimate of drug-likeness (QED) is 0.206. The first kappa shape index (κ1) is 30.3. The second kappa shape index (κ2) is 15.4. The lowest BCUT2D eigenvalue weighted by atomic mass is 10.1. The molecule has 1 atom stereocenters. The molecule has 1 saturated heterocycles. The Morgan fingerprint density at radius 1 is 0.800 bits per heavy atom. The zero-order valence-electron chi connectivity index (χ0n) is 23.0. The minimum atomic E-state index is -0.721. The Morgan fingerprint density at radius 3 is 1.98 bits per heavy atom. The molecule has 40 heavy (non-hydrogen) atoms. The molecule has 0 aliphatic carbocycles. The van der Waals surface area contributed by atoms with E-state index in [1.165, 1.54) is 17.0 Å². The van der Waals surface area contributed by atoms with Gasteiger partial charge in [-0.25, -0.2) is 9.59 Å². The molecule has 2 aromatic rings. The summed E-state index contributed by atoms with van der Waals surface area (Å²) in [6, 6.07) is 12.6. The highest BCUT2D eigenvalue weighted by Gasteiger charge is 2.36. The van der Waals surface area contributed by atoms with Crippen molar-refractivity contribution in [3.8, 4) is 0 Å². The second-order valence-electron chi connectivity index (χ2n) is 9.52. The van der Waals surface area contributed by atoms with Crippen molar-refractivity contribution in [3.05, 3.63) is 59.7 Å². The van der Waals surface area contributed by atoms with Gasteiger partial charge in [-0.1, -0.05) is 33.1 Å². The summed E-state index contributed by atoms with van der Waals surface area (Å²) in [4.78, 5) is 63.0. The zero-order chi connectivity index (χ0) is 28.9. The van der Waals surface area contributed by atoms with Crippen LogP contribution in [0.5, 0.6) is 0 Å². The summed E-state index contributed by atoms with van der Waals surface area (Å²) in [5.74, 6) is -3.03. The lowest BCUT2D eigenvalue weighted by Crippen LogP contribution is -2.28. The molecule has 0 saturated carbocycles. The van der Waals surface area contributed by atoms with Crippen molar-refractivity contribution in [2.75, 3.05) is 36.6 Å². The third-order valence-electron chi connectivity index (χ3n) is 6.34. The van der Waals surface area contributed by atoms with E-state index in [2.05, 4.69) is 12.2 Å². The summed E-state index contributed by atoms with van der Waals surface area (Å²) in [6.07, 6.45) is 4.50. The third kappa shape index (κ3) is 8.93. The van der Waals surface area contributed by atoms with Crippen LogP contribution in [0.1, 0.15) is 73.1 Å². The van der Waals surface area contributed by atoms with E-state index < -0.39 is 36.3 Å². The Balaban J connectivity index is 1.44. The maximum absolute atomic E-state index is 12.6. The average molecular weight is 553 g/mol. The average Bonchev–Trinajstić information content (AvgIpc) is 3.36. The van der Waals surface area contributed by atoms with E-state index in [0.717, 1.165) is 32.1 Å². The number of hydrogen-bond acceptors (Lipinski definition) is 8. The molecule has 1 fully saturated rings. The van der Waals surface area contributed by atoms with Gasteiger partial charge in [-0.3, -0.25) is 14.4 Å². The first-order valence-electron chi connectivity index (χ1n) is 13.6. The summed E-state index contributed by atoms with van der Waals surface area (Å²) in [7, 11) is 0. The second-order valence-corrected chi connectivity index (χ2v) is 9.52. The number of unbranched alkanes of at least 4 members (excludes halogenated alkanes) is 3. The van der Waals surface area contributed by atoms with Crippen molar-refractivity contribution in [1.82, 2.24) is 0 Å². The zero-order valence-corrected chi connectivity index (χ0v) is 23.0. The number of nitrogens with zero attached hydrogens (tertiary/aromatic N) is 1. The Hall–Kier alpha value is -4.21. The molecule has 0 spiro atoms. The maximum Gasteiger partial charge on any atom is 0.338 e. The topological polar surface area (TPSA) is 128 Å². The van der Waals surface area contributed by atoms with E-state index in [-0.39, 0.29) is 18.9 Å². The van der Waals surface area contributed by atoms with Crippen molar-refractivity contribution < 1.29 is 38.2 Å². The molecule has 3 rings (SSSR count). The summed E-state index contributed by atoms with van der Waals surface area (Å²) in [5, 5.41) is 2.60. The predicted molar refractivity (Wildman–Crippen MR) is 148 cm³/mol. The van der Waals surface area contributed by atoms with Gasteiger partial charge >= 0.3 is 17.9 Å². The van der Waals surface area contributed by atoms with Gasteiger partial charge in [-0.05, 0) is 61.4 Å². The van der Waals surface area contributed by atoms with Gasteiger partial charge in [-0.15, -0.1) is 0 Å². The number of nitrogens with one attached hydrogen (secondary N) is 1. The highest BCUT2D eigenvalue weighted by Crippen LogP contribution is 2.26. The lowest BCUT2D eigenvalue weighted by Gasteiger charge is -2.17. The van der Waals surface area contributed by atoms with Gasteiger partial charge in [0, 0.05) is 24.3 Å². The monoisotopic (exact) mass is 552 g/mol. The molecule has 0 unspecified atom stereocenters. The number of ether oxygens (including phenoxy) is 3. The van der Waals surface area contributed by atoms with E-state index >= 15 is 0 Å². The molecular weight excluding hydrogens is 516 g/mol. The Kier molecular flexibility index (Phi) is 11.7. The first-order valence-corrected chi connectivity index (χ1v) is 13.6. The van der Waals surface area contributed by atoms with Gasteiger partial charge in [-0.2, -0.15) is 0 Å². The van der Waals surface area contributed by atoms with Crippen LogP contribution in [-0.2, 0) is 28.6 Å². The Morgan fingerprint density at radius 2 is 1.38 bits per heavy atom. The van der Waals surface area contributed by atoms with Crippen LogP contribution in [0.25, 0.3) is 0 Å². The maximum atomic E-state index is 12.6. The van der Waals surface area contributed by atoms with Gasteiger partial charge < -0.3 is 24.4 Å². The van der Waals surface area contributed by atoms with Crippen molar-refractivity contribution in [3.63, 3.8) is 0 Å². The normalized spacial score (nSPS) is 14.5. The number of carbonyl (C=O) groups is 5. The molecular formula is C30H36N2O8. The van der Waals surface area contributed by atoms with E-state index in [4.69, 9.17) is 14.2 Å². The van der Waals surface area contributed by atoms with E-state index in [0.29, 0.717) is 35.7 Å². The van der Waals surface area contributed by atoms with Gasteiger partial charge in [0.1, 0.15) is 0 Å². The standard InChI is InChI=1S/C30H36N2O8/c1-3-5-7-17-39-29(36)22-10-14-25(15-11-22)32-19-23(18-27(32)34)30(37)40-20-26(33)31-24-12-8-21(9-13-24)28(35)38-16-6-4-2/h8-15,23H,3-7,16-20H2,1-2H3,(H,31,33)/t23-/m0/s1. The Bertz CT molecular complexity index is 1180. The highest BCUT2D eigenvalue weighted by atomic mass is 16.5. The van der Waals surface area contributed by atoms with Gasteiger partial charge in [0.25, 0.3) is 5.91 Å². The molecule has 10 nitrogen and oxygen atoms in total. The first-order chi connectivity index (χ1) is 19.3. The van der Waals surface area contributed by atoms with Crippen LogP contribution in [0, 0.1) is 5.92 Å². The fourth-order valence-electron chi connectivity index (χ4n) is 4.03. The van der Waals surface area contributed by atoms with E-state index in [1.807, 2.05) is 6.92 Å². The van der Waals surface area contributed by atoms with Crippen molar-refractivity contribution in [1.29, 1.82) is 0 Å². The summed E-state index contributed by atoms with van der Waals surface area (Å²) >= 11 is 0. The molecule has 1 aliphatic heterocycles. The number of rotatable bonds is 14. The molecule has 1 heterocycles. The number of hydrogen-bond donors (Lipinski definition) is 1. The van der Waals surface area contributed by atoms with Crippen molar-refractivity contribution in [2.45, 2.75) is 52.4 Å². The van der Waals surface area contributed by atoms with Crippen molar-refractivity contribution in [2.24, 2.45) is 5.92 Å². The van der Waals surface area contributed by atoms with Crippen LogP contribution in [-0.4, -0.2) is 56.1 Å². The van der Waals surface area contributed by atoms with Crippen LogP contribution < -0.4 is 10.2 Å². The molecule has 10 heteroatoms.